The van der Waals surface area contributed by atoms with E-state index in [9.17, 15) is 55.5 Å². The van der Waals surface area contributed by atoms with E-state index in [-0.39, 0.29) is 28.4 Å². The van der Waals surface area contributed by atoms with E-state index < -0.39 is 102 Å². The van der Waals surface area contributed by atoms with Crippen molar-refractivity contribution in [1.29, 1.82) is 0 Å². The number of aromatic hydroxyl groups is 4. The van der Waals surface area contributed by atoms with E-state index in [4.69, 9.17) is 28.1 Å². The van der Waals surface area contributed by atoms with Gasteiger partial charge in [-0.1, -0.05) is 12.1 Å². The van der Waals surface area contributed by atoms with Crippen LogP contribution in [0.1, 0.15) is 12.5 Å². The molecule has 3 aromatic carbocycles. The smallest absolute Gasteiger partial charge is 0.330 e. The summed E-state index contributed by atoms with van der Waals surface area (Å²) in [5, 5.41) is 93.4. The molecule has 2 aliphatic heterocycles. The molecule has 3 heterocycles. The number of carbonyl (C=O) groups is 1. The highest BCUT2D eigenvalue weighted by Crippen LogP contribution is 2.38. The number of aliphatic hydroxyl groups excluding tert-OH is 5. The van der Waals surface area contributed by atoms with Crippen LogP contribution in [0, 0.1) is 0 Å². The zero-order valence-corrected chi connectivity index (χ0v) is 27.7. The van der Waals surface area contributed by atoms with Crippen LogP contribution in [0.15, 0.2) is 76.0 Å². The summed E-state index contributed by atoms with van der Waals surface area (Å²) in [5.74, 6) is -2.90. The molecule has 9 N–H and O–H groups in total. The van der Waals surface area contributed by atoms with Gasteiger partial charge in [0.1, 0.15) is 77.2 Å². The Labute approximate surface area is 299 Å². The van der Waals surface area contributed by atoms with Gasteiger partial charge in [0.2, 0.25) is 17.5 Å². The second-order valence-corrected chi connectivity index (χ2v) is 12.5. The second-order valence-electron chi connectivity index (χ2n) is 12.5. The molecule has 1 aromatic heterocycles. The molecule has 2 aliphatic rings. The van der Waals surface area contributed by atoms with Crippen LogP contribution < -0.4 is 10.2 Å². The average Bonchev–Trinajstić information content (AvgIpc) is 3.12. The molecule has 4 aromatic rings. The van der Waals surface area contributed by atoms with E-state index in [2.05, 4.69) is 0 Å². The Morgan fingerprint density at radius 3 is 2.11 bits per heavy atom. The molecule has 0 bridgehead atoms. The Bertz CT molecular complexity index is 2010. The standard InChI is InChI=1S/C36H36O17/c1-15-26(42)30(46)34(53-35-31(47)29(45)27(43)23(51-35)14-48-24(41)11-4-16-2-7-18(37)8-3-16)36(49-15)52-33-28(44)25-21(40)12-20(39)13-22(25)50-32(33)17-5-9-19(38)10-6-17/h2-13,15,23,26-27,29-31,34-40,42-43,45-47H,14H2,1H3/b11-4+/t15-,23?,26-,27-,29+,30+,31-,34?,35+,36-/m0/s1. The minimum atomic E-state index is -1.97. The van der Waals surface area contributed by atoms with Gasteiger partial charge >= 0.3 is 5.97 Å². The van der Waals surface area contributed by atoms with Gasteiger partial charge in [-0.25, -0.2) is 4.79 Å². The first-order valence-corrected chi connectivity index (χ1v) is 16.2. The molecule has 282 valence electrons. The predicted molar refractivity (Wildman–Crippen MR) is 180 cm³/mol. The van der Waals surface area contributed by atoms with Crippen LogP contribution in [0.5, 0.6) is 28.7 Å². The molecular formula is C36H36O17. The first kappa shape index (κ1) is 37.5. The fraction of sp³-hybridized carbons (Fsp3) is 0.333. The van der Waals surface area contributed by atoms with Crippen LogP contribution in [-0.2, 0) is 23.7 Å². The maximum absolute atomic E-state index is 13.9. The van der Waals surface area contributed by atoms with Gasteiger partial charge in [0.25, 0.3) is 0 Å². The van der Waals surface area contributed by atoms with E-state index >= 15 is 0 Å². The van der Waals surface area contributed by atoms with Crippen molar-refractivity contribution in [3.8, 4) is 40.1 Å². The lowest BCUT2D eigenvalue weighted by molar-refractivity contribution is -0.355. The van der Waals surface area contributed by atoms with Gasteiger partial charge in [-0.2, -0.15) is 0 Å². The topological polar surface area (TPSA) is 275 Å². The number of benzene rings is 3. The highest BCUT2D eigenvalue weighted by atomic mass is 16.8. The van der Waals surface area contributed by atoms with Gasteiger partial charge in [-0.3, -0.25) is 4.79 Å². The van der Waals surface area contributed by atoms with Crippen molar-refractivity contribution in [1.82, 2.24) is 0 Å². The van der Waals surface area contributed by atoms with Crippen molar-refractivity contribution in [2.24, 2.45) is 0 Å². The molecule has 0 radical (unpaired) electrons. The van der Waals surface area contributed by atoms with Crippen molar-refractivity contribution in [2.75, 3.05) is 6.61 Å². The number of phenolic OH excluding ortho intramolecular Hbond substituents is 4. The second kappa shape index (κ2) is 15.4. The van der Waals surface area contributed by atoms with Crippen molar-refractivity contribution >= 4 is 23.0 Å². The number of phenols is 4. The Morgan fingerprint density at radius 1 is 0.774 bits per heavy atom. The summed E-state index contributed by atoms with van der Waals surface area (Å²) in [6.45, 7) is 0.741. The van der Waals surface area contributed by atoms with Gasteiger partial charge in [0, 0.05) is 23.8 Å². The molecule has 6 rings (SSSR count). The van der Waals surface area contributed by atoms with Crippen LogP contribution in [0.4, 0.5) is 0 Å². The fourth-order valence-electron chi connectivity index (χ4n) is 5.82. The number of rotatable bonds is 9. The van der Waals surface area contributed by atoms with Crippen molar-refractivity contribution in [3.05, 3.63) is 82.5 Å². The highest BCUT2D eigenvalue weighted by molar-refractivity contribution is 5.88. The maximum atomic E-state index is 13.9. The number of aliphatic hydroxyl groups is 5. The lowest BCUT2D eigenvalue weighted by Crippen LogP contribution is -2.64. The normalized spacial score (nSPS) is 28.9. The third-order valence-electron chi connectivity index (χ3n) is 8.72. The Balaban J connectivity index is 1.27. The molecule has 2 fully saturated rings. The summed E-state index contributed by atoms with van der Waals surface area (Å²) in [6.07, 6.45) is -14.8. The average molecular weight is 741 g/mol. The molecule has 17 nitrogen and oxygen atoms in total. The molecule has 53 heavy (non-hydrogen) atoms. The van der Waals surface area contributed by atoms with Gasteiger partial charge < -0.3 is 74.1 Å². The number of esters is 1. The molecule has 17 heteroatoms. The first-order chi connectivity index (χ1) is 25.2. The molecule has 10 atom stereocenters. The third-order valence-corrected chi connectivity index (χ3v) is 8.72. The molecule has 0 saturated carbocycles. The lowest BCUT2D eigenvalue weighted by atomic mass is 9.97. The first-order valence-electron chi connectivity index (χ1n) is 16.2. The Hall–Kier alpha value is -5.24. The molecule has 0 aliphatic carbocycles. The summed E-state index contributed by atoms with van der Waals surface area (Å²) in [7, 11) is 0. The number of fused-ring (bicyclic) bond motifs is 1. The predicted octanol–water partition coefficient (Wildman–Crippen LogP) is 0.577. The van der Waals surface area contributed by atoms with Crippen LogP contribution in [0.3, 0.4) is 0 Å². The minimum Gasteiger partial charge on any atom is -0.508 e. The number of ether oxygens (including phenoxy) is 5. The highest BCUT2D eigenvalue weighted by Gasteiger charge is 2.51. The zero-order valence-electron chi connectivity index (χ0n) is 27.7. The molecule has 2 saturated heterocycles. The Kier molecular flexibility index (Phi) is 10.9. The van der Waals surface area contributed by atoms with Gasteiger partial charge in [-0.05, 0) is 55.0 Å². The van der Waals surface area contributed by atoms with Crippen LogP contribution >= 0.6 is 0 Å². The zero-order chi connectivity index (χ0) is 38.1. The lowest BCUT2D eigenvalue weighted by Gasteiger charge is -2.45. The van der Waals surface area contributed by atoms with Crippen molar-refractivity contribution in [2.45, 2.75) is 68.3 Å². The summed E-state index contributed by atoms with van der Waals surface area (Å²) < 4.78 is 34.3. The summed E-state index contributed by atoms with van der Waals surface area (Å²) in [5.41, 5.74) is -0.454. The van der Waals surface area contributed by atoms with E-state index in [1.807, 2.05) is 0 Å². The van der Waals surface area contributed by atoms with E-state index in [1.54, 1.807) is 12.1 Å². The van der Waals surface area contributed by atoms with E-state index in [0.29, 0.717) is 5.56 Å². The summed E-state index contributed by atoms with van der Waals surface area (Å²) in [4.78, 5) is 26.3. The Morgan fingerprint density at radius 2 is 1.43 bits per heavy atom. The van der Waals surface area contributed by atoms with E-state index in [1.165, 1.54) is 49.4 Å². The summed E-state index contributed by atoms with van der Waals surface area (Å²) in [6, 6.07) is 13.2. The van der Waals surface area contributed by atoms with Crippen LogP contribution in [0.2, 0.25) is 0 Å². The van der Waals surface area contributed by atoms with E-state index in [0.717, 1.165) is 18.2 Å². The van der Waals surface area contributed by atoms with Crippen molar-refractivity contribution in [3.63, 3.8) is 0 Å². The largest absolute Gasteiger partial charge is 0.508 e. The van der Waals surface area contributed by atoms with Crippen molar-refractivity contribution < 1.29 is 78.9 Å². The van der Waals surface area contributed by atoms with Crippen LogP contribution in [0.25, 0.3) is 28.4 Å². The molecule has 0 amide bonds. The molecular weight excluding hydrogens is 704 g/mol. The van der Waals surface area contributed by atoms with Gasteiger partial charge in [0.15, 0.2) is 18.2 Å². The number of hydrogen-bond donors (Lipinski definition) is 9. The number of carbonyl (C=O) groups excluding carboxylic acids is 1. The quantitative estimate of drug-likeness (QED) is 0.0838. The third kappa shape index (κ3) is 7.92. The maximum Gasteiger partial charge on any atom is 0.330 e. The summed E-state index contributed by atoms with van der Waals surface area (Å²) >= 11 is 0. The number of hydrogen-bond acceptors (Lipinski definition) is 17. The van der Waals surface area contributed by atoms with Crippen LogP contribution in [-0.4, -0.2) is 120 Å². The van der Waals surface area contributed by atoms with Gasteiger partial charge in [0.05, 0.1) is 6.10 Å². The molecule has 2 unspecified atom stereocenters. The SMILES string of the molecule is C[C@@H]1O[C@@H](Oc2c(-c3ccc(O)cc3)oc3cc(O)cc(O)c3c2=O)C(O[C@H]2OC(COC(=O)/C=C/c3ccc(O)cc3)[C@H](O)[C@@H](O)[C@@H]2O)[C@H](O)[C@H]1O. The monoisotopic (exact) mass is 740 g/mol. The molecule has 0 spiro atoms. The minimum absolute atomic E-state index is 0.0280. The fourth-order valence-corrected chi connectivity index (χ4v) is 5.82. The van der Waals surface area contributed by atoms with Gasteiger partial charge in [-0.15, -0.1) is 0 Å².